The van der Waals surface area contributed by atoms with Crippen LogP contribution in [0.25, 0.3) is 17.1 Å². The van der Waals surface area contributed by atoms with Crippen LogP contribution < -0.4 is 0 Å². The summed E-state index contributed by atoms with van der Waals surface area (Å²) >= 11 is 0. The van der Waals surface area contributed by atoms with E-state index in [2.05, 4.69) is 4.98 Å². The van der Waals surface area contributed by atoms with Crippen LogP contribution in [0.4, 0.5) is 13.2 Å². The number of hydrogen-bond donors (Lipinski definition) is 0. The Kier molecular flexibility index (Phi) is 5.13. The highest BCUT2D eigenvalue weighted by Crippen LogP contribution is 2.45. The Labute approximate surface area is 164 Å². The number of imidazole rings is 1. The lowest BCUT2D eigenvalue weighted by molar-refractivity contribution is 0.0973. The Morgan fingerprint density at radius 2 is 1.75 bits per heavy atom. The molecule has 3 aromatic rings. The molecule has 0 aliphatic rings. The summed E-state index contributed by atoms with van der Waals surface area (Å²) in [6.45, 7) is 8.35. The van der Waals surface area contributed by atoms with E-state index in [4.69, 9.17) is 0 Å². The smallest absolute Gasteiger partial charge is 0.147 e. The van der Waals surface area contributed by atoms with Gasteiger partial charge in [-0.15, -0.1) is 0 Å². The average Bonchev–Trinajstić information content (AvgIpc) is 3.08. The van der Waals surface area contributed by atoms with E-state index in [1.165, 1.54) is 19.9 Å². The summed E-state index contributed by atoms with van der Waals surface area (Å²) in [5, 5.41) is 0. The van der Waals surface area contributed by atoms with Gasteiger partial charge in [-0.25, -0.2) is 18.2 Å². The Hall–Kier alpha value is -2.56. The molecule has 0 N–H and O–H groups in total. The van der Waals surface area contributed by atoms with Gasteiger partial charge < -0.3 is 0 Å². The minimum Gasteiger partial charge on any atom is -0.299 e. The first-order valence-electron chi connectivity index (χ1n) is 9.38. The molecule has 2 nitrogen and oxygen atoms in total. The minimum absolute atomic E-state index is 0.129. The van der Waals surface area contributed by atoms with Gasteiger partial charge in [-0.1, -0.05) is 32.0 Å². The molecule has 3 rings (SSSR count). The van der Waals surface area contributed by atoms with Crippen LogP contribution in [0, 0.1) is 18.6 Å². The van der Waals surface area contributed by atoms with E-state index < -0.39 is 22.7 Å². The summed E-state index contributed by atoms with van der Waals surface area (Å²) in [5.41, 5.74) is -0.576. The molecule has 0 amide bonds. The van der Waals surface area contributed by atoms with E-state index in [1.807, 2.05) is 38.1 Å². The van der Waals surface area contributed by atoms with E-state index in [9.17, 15) is 4.39 Å². The highest BCUT2D eigenvalue weighted by molar-refractivity contribution is 5.67. The number of benzene rings is 2. The Morgan fingerprint density at radius 3 is 2.36 bits per heavy atom. The fraction of sp³-hybridized carbons (Fsp3) is 0.348. The number of rotatable bonds is 5. The Balaban J connectivity index is 2.35. The molecule has 1 aromatic heterocycles. The molecule has 0 spiro atoms. The zero-order valence-corrected chi connectivity index (χ0v) is 16.9. The van der Waals surface area contributed by atoms with Crippen molar-refractivity contribution in [2.75, 3.05) is 0 Å². The second-order valence-corrected chi connectivity index (χ2v) is 7.88. The quantitative estimate of drug-likeness (QED) is 0.487. The molecule has 1 heterocycles. The van der Waals surface area contributed by atoms with Crippen molar-refractivity contribution in [1.29, 1.82) is 0 Å². The first kappa shape index (κ1) is 20.2. The maximum absolute atomic E-state index is 15.2. The lowest BCUT2D eigenvalue weighted by Crippen LogP contribution is -2.41. The van der Waals surface area contributed by atoms with Crippen molar-refractivity contribution in [3.63, 3.8) is 0 Å². The van der Waals surface area contributed by atoms with Gasteiger partial charge in [0.2, 0.25) is 0 Å². The van der Waals surface area contributed by atoms with Crippen molar-refractivity contribution in [3.05, 3.63) is 71.6 Å². The second-order valence-electron chi connectivity index (χ2n) is 7.88. The lowest BCUT2D eigenvalue weighted by atomic mass is 9.68. The summed E-state index contributed by atoms with van der Waals surface area (Å²) in [7, 11) is 0. The first-order valence-corrected chi connectivity index (χ1v) is 9.38. The van der Waals surface area contributed by atoms with Gasteiger partial charge in [0.1, 0.15) is 23.1 Å². The number of hydrogen-bond acceptors (Lipinski definition) is 1. The second kappa shape index (κ2) is 7.12. The zero-order chi connectivity index (χ0) is 20.7. The SMILES string of the molecule is CCC(C)(c1cc(F)cc(F)c1-c1nccn1-c1ccccc1C)C(C)(C)F. The van der Waals surface area contributed by atoms with Gasteiger partial charge in [0.15, 0.2) is 0 Å². The standard InChI is InChI=1S/C23H25F3N2/c1-6-23(5,22(3,4)26)17-13-16(24)14-18(25)20(17)21-27-11-12-28(21)19-10-8-7-9-15(19)2/h7-14H,6H2,1-5H3. The normalized spacial score (nSPS) is 14.1. The van der Waals surface area contributed by atoms with Crippen LogP contribution in [0.5, 0.6) is 0 Å². The van der Waals surface area contributed by atoms with E-state index in [1.54, 1.807) is 23.9 Å². The van der Waals surface area contributed by atoms with Gasteiger partial charge in [-0.3, -0.25) is 4.57 Å². The number of alkyl halides is 1. The van der Waals surface area contributed by atoms with Gasteiger partial charge >= 0.3 is 0 Å². The predicted octanol–water partition coefficient (Wildman–Crippen LogP) is 6.54. The molecule has 0 radical (unpaired) electrons. The average molecular weight is 386 g/mol. The summed E-state index contributed by atoms with van der Waals surface area (Å²) < 4.78 is 46.3. The minimum atomic E-state index is -1.70. The number of nitrogens with zero attached hydrogens (tertiary/aromatic N) is 2. The predicted molar refractivity (Wildman–Crippen MR) is 106 cm³/mol. The third kappa shape index (κ3) is 3.23. The van der Waals surface area contributed by atoms with Gasteiger partial charge in [0.25, 0.3) is 0 Å². The van der Waals surface area contributed by atoms with Crippen molar-refractivity contribution in [2.45, 2.75) is 52.1 Å². The number of halogens is 3. The van der Waals surface area contributed by atoms with Gasteiger partial charge in [0, 0.05) is 29.6 Å². The van der Waals surface area contributed by atoms with Crippen molar-refractivity contribution in [2.24, 2.45) is 0 Å². The third-order valence-corrected chi connectivity index (χ3v) is 5.91. The fourth-order valence-electron chi connectivity index (χ4n) is 3.68. The van der Waals surface area contributed by atoms with Gasteiger partial charge in [0.05, 0.1) is 5.56 Å². The monoisotopic (exact) mass is 386 g/mol. The molecule has 1 unspecified atom stereocenters. The van der Waals surface area contributed by atoms with Crippen molar-refractivity contribution in [1.82, 2.24) is 9.55 Å². The molecule has 0 saturated carbocycles. The van der Waals surface area contributed by atoms with E-state index >= 15 is 8.78 Å². The Morgan fingerprint density at radius 1 is 1.07 bits per heavy atom. The number of aromatic nitrogens is 2. The zero-order valence-electron chi connectivity index (χ0n) is 16.9. The molecule has 28 heavy (non-hydrogen) atoms. The molecule has 0 fully saturated rings. The molecule has 0 bridgehead atoms. The molecule has 0 aliphatic carbocycles. The first-order chi connectivity index (χ1) is 13.1. The molecular formula is C23H25F3N2. The van der Waals surface area contributed by atoms with Crippen LogP contribution >= 0.6 is 0 Å². The maximum Gasteiger partial charge on any atom is 0.147 e. The van der Waals surface area contributed by atoms with E-state index in [0.29, 0.717) is 12.2 Å². The van der Waals surface area contributed by atoms with Crippen LogP contribution in [0.15, 0.2) is 48.8 Å². The largest absolute Gasteiger partial charge is 0.299 e. The van der Waals surface area contributed by atoms with Crippen LogP contribution in [0.2, 0.25) is 0 Å². The van der Waals surface area contributed by atoms with Crippen molar-refractivity contribution < 1.29 is 13.2 Å². The maximum atomic E-state index is 15.2. The van der Waals surface area contributed by atoms with Crippen molar-refractivity contribution >= 4 is 0 Å². The van der Waals surface area contributed by atoms with Crippen LogP contribution in [0.1, 0.15) is 45.2 Å². The lowest BCUT2D eigenvalue weighted by Gasteiger charge is -2.39. The topological polar surface area (TPSA) is 17.8 Å². The molecule has 0 aliphatic heterocycles. The summed E-state index contributed by atoms with van der Waals surface area (Å²) in [6, 6.07) is 9.71. The highest BCUT2D eigenvalue weighted by atomic mass is 19.1. The van der Waals surface area contributed by atoms with E-state index in [-0.39, 0.29) is 11.1 Å². The van der Waals surface area contributed by atoms with Crippen LogP contribution in [-0.2, 0) is 5.41 Å². The third-order valence-electron chi connectivity index (χ3n) is 5.91. The molecule has 0 saturated heterocycles. The van der Waals surface area contributed by atoms with Crippen molar-refractivity contribution in [3.8, 4) is 17.1 Å². The molecule has 1 atom stereocenters. The number of para-hydroxylation sites is 1. The molecular weight excluding hydrogens is 361 g/mol. The summed E-state index contributed by atoms with van der Waals surface area (Å²) in [5.74, 6) is -1.15. The fourth-order valence-corrected chi connectivity index (χ4v) is 3.68. The summed E-state index contributed by atoms with van der Waals surface area (Å²) in [6.07, 6.45) is 3.67. The van der Waals surface area contributed by atoms with Gasteiger partial charge in [-0.2, -0.15) is 0 Å². The Bertz CT molecular complexity index is 1000. The number of aryl methyl sites for hydroxylation is 1. The molecule has 5 heteroatoms. The van der Waals surface area contributed by atoms with Gasteiger partial charge in [-0.05, 0) is 50.5 Å². The molecule has 148 valence electrons. The highest BCUT2D eigenvalue weighted by Gasteiger charge is 2.44. The van der Waals surface area contributed by atoms with Crippen LogP contribution in [0.3, 0.4) is 0 Å². The molecule has 2 aromatic carbocycles. The van der Waals surface area contributed by atoms with E-state index in [0.717, 1.165) is 17.3 Å². The summed E-state index contributed by atoms with van der Waals surface area (Å²) in [4.78, 5) is 4.36. The van der Waals surface area contributed by atoms with Crippen LogP contribution in [-0.4, -0.2) is 15.2 Å².